The Balaban J connectivity index is 1.98. The van der Waals surface area contributed by atoms with Gasteiger partial charge in [0, 0.05) is 22.9 Å². The summed E-state index contributed by atoms with van der Waals surface area (Å²) in [6.07, 6.45) is 3.79. The Morgan fingerprint density at radius 2 is 2.05 bits per heavy atom. The molecule has 2 rings (SSSR count). The van der Waals surface area contributed by atoms with Crippen molar-refractivity contribution < 1.29 is 4.79 Å². The van der Waals surface area contributed by atoms with E-state index in [1.165, 1.54) is 11.8 Å². The van der Waals surface area contributed by atoms with E-state index in [2.05, 4.69) is 26.2 Å². The molecule has 1 aromatic heterocycles. The van der Waals surface area contributed by atoms with Crippen LogP contribution in [0.25, 0.3) is 0 Å². The summed E-state index contributed by atoms with van der Waals surface area (Å²) < 4.78 is 1.04. The van der Waals surface area contributed by atoms with E-state index in [9.17, 15) is 4.79 Å². The van der Waals surface area contributed by atoms with E-state index in [0.29, 0.717) is 10.6 Å². The van der Waals surface area contributed by atoms with Gasteiger partial charge in [-0.2, -0.15) is 0 Å². The highest BCUT2D eigenvalue weighted by molar-refractivity contribution is 9.10. The quantitative estimate of drug-likeness (QED) is 0.907. The molecule has 1 unspecified atom stereocenters. The maximum atomic E-state index is 12.1. The highest BCUT2D eigenvalue weighted by atomic mass is 79.9. The summed E-state index contributed by atoms with van der Waals surface area (Å²) in [7, 11) is 0. The Morgan fingerprint density at radius 1 is 1.35 bits per heavy atom. The fourth-order valence-electron chi connectivity index (χ4n) is 1.89. The Morgan fingerprint density at radius 3 is 2.70 bits per heavy atom. The normalized spacial score (nSPS) is 11.9. The van der Waals surface area contributed by atoms with Gasteiger partial charge in [0.25, 0.3) is 5.91 Å². The van der Waals surface area contributed by atoms with Crippen molar-refractivity contribution in [1.82, 2.24) is 10.3 Å². The van der Waals surface area contributed by atoms with Crippen LogP contribution in [0.4, 0.5) is 0 Å². The topological polar surface area (TPSA) is 42.0 Å². The smallest absolute Gasteiger partial charge is 0.253 e. The fourth-order valence-corrected chi connectivity index (χ4v) is 2.36. The molecule has 0 aliphatic carbocycles. The average Bonchev–Trinajstić information content (AvgIpc) is 2.41. The predicted octanol–water partition coefficient (Wildman–Crippen LogP) is 3.86. The van der Waals surface area contributed by atoms with Crippen LogP contribution in [-0.4, -0.2) is 16.9 Å². The number of carbonyl (C=O) groups is 1. The van der Waals surface area contributed by atoms with Crippen LogP contribution >= 0.6 is 27.5 Å². The Bertz CT molecular complexity index is 601. The minimum absolute atomic E-state index is 0.0212. The number of pyridine rings is 1. The standard InChI is InChI=1S/C15H14BrClN2O/c1-10(8-11-2-4-12(16)5-3-11)19-15(20)13-6-7-18-9-14(13)17/h2-7,9-10H,8H2,1H3,(H,19,20). The Kier molecular flexibility index (Phi) is 5.15. The second kappa shape index (κ2) is 6.86. The Hall–Kier alpha value is -1.39. The predicted molar refractivity (Wildman–Crippen MR) is 84.0 cm³/mol. The van der Waals surface area contributed by atoms with E-state index in [1.807, 2.05) is 31.2 Å². The monoisotopic (exact) mass is 352 g/mol. The van der Waals surface area contributed by atoms with E-state index < -0.39 is 0 Å². The molecule has 0 saturated carbocycles. The summed E-state index contributed by atoms with van der Waals surface area (Å²) in [6, 6.07) is 9.68. The van der Waals surface area contributed by atoms with Crippen molar-refractivity contribution in [3.05, 3.63) is 63.3 Å². The molecule has 1 N–H and O–H groups in total. The fraction of sp³-hybridized carbons (Fsp3) is 0.200. The third kappa shape index (κ3) is 4.05. The van der Waals surface area contributed by atoms with Crippen molar-refractivity contribution in [3.8, 4) is 0 Å². The molecule has 3 nitrogen and oxygen atoms in total. The lowest BCUT2D eigenvalue weighted by atomic mass is 10.1. The molecule has 0 fully saturated rings. The third-order valence-corrected chi connectivity index (χ3v) is 3.68. The molecule has 20 heavy (non-hydrogen) atoms. The van der Waals surface area contributed by atoms with E-state index in [1.54, 1.807) is 12.3 Å². The number of benzene rings is 1. The number of aromatic nitrogens is 1. The van der Waals surface area contributed by atoms with Gasteiger partial charge in [-0.25, -0.2) is 0 Å². The molecule has 5 heteroatoms. The number of amides is 1. The summed E-state index contributed by atoms with van der Waals surface area (Å²) >= 11 is 9.35. The van der Waals surface area contributed by atoms with E-state index in [0.717, 1.165) is 10.9 Å². The van der Waals surface area contributed by atoms with Gasteiger partial charge in [0.1, 0.15) is 0 Å². The average molecular weight is 354 g/mol. The zero-order valence-corrected chi connectivity index (χ0v) is 13.3. The van der Waals surface area contributed by atoms with E-state index in [-0.39, 0.29) is 11.9 Å². The van der Waals surface area contributed by atoms with Gasteiger partial charge in [0.15, 0.2) is 0 Å². The second-order valence-corrected chi connectivity index (χ2v) is 5.88. The molecule has 1 amide bonds. The third-order valence-electron chi connectivity index (χ3n) is 2.85. The van der Waals surface area contributed by atoms with Gasteiger partial charge in [-0.05, 0) is 37.1 Å². The van der Waals surface area contributed by atoms with Crippen LogP contribution < -0.4 is 5.32 Å². The molecule has 0 aliphatic rings. The summed E-state index contributed by atoms with van der Waals surface area (Å²) in [5.74, 6) is -0.179. The van der Waals surface area contributed by atoms with Gasteiger partial charge in [0.2, 0.25) is 0 Å². The van der Waals surface area contributed by atoms with Crippen molar-refractivity contribution in [3.63, 3.8) is 0 Å². The van der Waals surface area contributed by atoms with Crippen LogP contribution in [0.3, 0.4) is 0 Å². The van der Waals surface area contributed by atoms with E-state index in [4.69, 9.17) is 11.6 Å². The number of hydrogen-bond acceptors (Lipinski definition) is 2. The number of nitrogens with zero attached hydrogens (tertiary/aromatic N) is 1. The van der Waals surface area contributed by atoms with Gasteiger partial charge < -0.3 is 5.32 Å². The van der Waals surface area contributed by atoms with Gasteiger partial charge >= 0.3 is 0 Å². The molecular formula is C15H14BrClN2O. The molecule has 0 radical (unpaired) electrons. The van der Waals surface area contributed by atoms with Gasteiger partial charge in [0.05, 0.1) is 10.6 Å². The summed E-state index contributed by atoms with van der Waals surface area (Å²) in [6.45, 7) is 1.97. The summed E-state index contributed by atoms with van der Waals surface area (Å²) in [5.41, 5.74) is 1.62. The number of nitrogens with one attached hydrogen (secondary N) is 1. The SMILES string of the molecule is CC(Cc1ccc(Br)cc1)NC(=O)c1ccncc1Cl. The highest BCUT2D eigenvalue weighted by Crippen LogP contribution is 2.14. The largest absolute Gasteiger partial charge is 0.349 e. The molecule has 2 aromatic rings. The minimum Gasteiger partial charge on any atom is -0.349 e. The molecule has 0 saturated heterocycles. The molecule has 104 valence electrons. The zero-order valence-electron chi connectivity index (χ0n) is 10.9. The lowest BCUT2D eigenvalue weighted by Crippen LogP contribution is -2.34. The second-order valence-electron chi connectivity index (χ2n) is 4.56. The zero-order chi connectivity index (χ0) is 14.5. The Labute approximate surface area is 131 Å². The minimum atomic E-state index is -0.179. The number of rotatable bonds is 4. The summed E-state index contributed by atoms with van der Waals surface area (Å²) in [5, 5.41) is 3.30. The van der Waals surface area contributed by atoms with Gasteiger partial charge in [-0.3, -0.25) is 9.78 Å². The van der Waals surface area contributed by atoms with E-state index >= 15 is 0 Å². The van der Waals surface area contributed by atoms with Gasteiger partial charge in [-0.15, -0.1) is 0 Å². The van der Waals surface area contributed by atoms with Crippen LogP contribution in [0.1, 0.15) is 22.8 Å². The van der Waals surface area contributed by atoms with Crippen LogP contribution in [-0.2, 0) is 6.42 Å². The molecular weight excluding hydrogens is 340 g/mol. The van der Waals surface area contributed by atoms with Crippen LogP contribution in [0.15, 0.2) is 47.2 Å². The molecule has 1 atom stereocenters. The maximum Gasteiger partial charge on any atom is 0.253 e. The van der Waals surface area contributed by atoms with Crippen molar-refractivity contribution in [2.75, 3.05) is 0 Å². The lowest BCUT2D eigenvalue weighted by Gasteiger charge is -2.14. The van der Waals surface area contributed by atoms with Gasteiger partial charge in [-0.1, -0.05) is 39.7 Å². The lowest BCUT2D eigenvalue weighted by molar-refractivity contribution is 0.0940. The van der Waals surface area contributed by atoms with Crippen molar-refractivity contribution >= 4 is 33.4 Å². The first-order chi connectivity index (χ1) is 9.56. The number of halogens is 2. The molecule has 0 spiro atoms. The highest BCUT2D eigenvalue weighted by Gasteiger charge is 2.13. The molecule has 0 aliphatic heterocycles. The van der Waals surface area contributed by atoms with Crippen molar-refractivity contribution in [2.24, 2.45) is 0 Å². The van der Waals surface area contributed by atoms with Crippen LogP contribution in [0, 0.1) is 0 Å². The van der Waals surface area contributed by atoms with Crippen LogP contribution in [0.5, 0.6) is 0 Å². The van der Waals surface area contributed by atoms with Crippen molar-refractivity contribution in [2.45, 2.75) is 19.4 Å². The van der Waals surface area contributed by atoms with Crippen molar-refractivity contribution in [1.29, 1.82) is 0 Å². The molecule has 1 aromatic carbocycles. The first-order valence-corrected chi connectivity index (χ1v) is 7.38. The molecule has 0 bridgehead atoms. The number of carbonyl (C=O) groups excluding carboxylic acids is 1. The summed E-state index contributed by atoms with van der Waals surface area (Å²) in [4.78, 5) is 16.0. The first kappa shape index (κ1) is 15.0. The maximum absolute atomic E-state index is 12.1. The number of hydrogen-bond donors (Lipinski definition) is 1. The molecule has 1 heterocycles. The van der Waals surface area contributed by atoms with Crippen LogP contribution in [0.2, 0.25) is 5.02 Å². The first-order valence-electron chi connectivity index (χ1n) is 6.21.